The Bertz CT molecular complexity index is 546. The topological polar surface area (TPSA) is 75.3 Å². The van der Waals surface area contributed by atoms with E-state index in [1.54, 1.807) is 18.2 Å². The second-order valence-electron chi connectivity index (χ2n) is 3.55. The van der Waals surface area contributed by atoms with Crippen LogP contribution in [0.15, 0.2) is 27.1 Å². The highest BCUT2D eigenvalue weighted by atomic mass is 79.9. The molecular formula is C10H12Br2N2O3S. The SMILES string of the molecule is CS(=O)(=O)NCCNC(=O)c1ccc(Br)cc1Br. The van der Waals surface area contributed by atoms with Gasteiger partial charge in [0.2, 0.25) is 10.0 Å². The Balaban J connectivity index is 2.51. The number of amides is 1. The lowest BCUT2D eigenvalue weighted by Gasteiger charge is -2.07. The molecular weight excluding hydrogens is 388 g/mol. The molecule has 0 saturated heterocycles. The first-order chi connectivity index (χ1) is 8.29. The zero-order chi connectivity index (χ0) is 13.8. The molecule has 1 amide bonds. The number of sulfonamides is 1. The van der Waals surface area contributed by atoms with Crippen molar-refractivity contribution in [1.82, 2.24) is 10.0 Å². The van der Waals surface area contributed by atoms with Gasteiger partial charge in [0.1, 0.15) is 0 Å². The van der Waals surface area contributed by atoms with Gasteiger partial charge >= 0.3 is 0 Å². The van der Waals surface area contributed by atoms with Crippen LogP contribution >= 0.6 is 31.9 Å². The molecule has 0 aliphatic carbocycles. The van der Waals surface area contributed by atoms with Crippen molar-refractivity contribution >= 4 is 47.8 Å². The molecule has 8 heteroatoms. The lowest BCUT2D eigenvalue weighted by Crippen LogP contribution is -2.34. The molecule has 0 aliphatic rings. The highest BCUT2D eigenvalue weighted by Gasteiger charge is 2.09. The maximum atomic E-state index is 11.8. The Morgan fingerprint density at radius 3 is 2.50 bits per heavy atom. The summed E-state index contributed by atoms with van der Waals surface area (Å²) < 4.78 is 25.4. The molecule has 1 rings (SSSR count). The number of carbonyl (C=O) groups excluding carboxylic acids is 1. The molecule has 100 valence electrons. The molecule has 18 heavy (non-hydrogen) atoms. The van der Waals surface area contributed by atoms with Crippen LogP contribution in [0, 0.1) is 0 Å². The minimum absolute atomic E-state index is 0.165. The van der Waals surface area contributed by atoms with Crippen LogP contribution in [0.4, 0.5) is 0 Å². The average molecular weight is 400 g/mol. The predicted molar refractivity (Wildman–Crippen MR) is 77.0 cm³/mol. The van der Waals surface area contributed by atoms with Crippen molar-refractivity contribution in [1.29, 1.82) is 0 Å². The smallest absolute Gasteiger partial charge is 0.252 e. The van der Waals surface area contributed by atoms with E-state index in [1.807, 2.05) is 0 Å². The van der Waals surface area contributed by atoms with E-state index in [9.17, 15) is 13.2 Å². The van der Waals surface area contributed by atoms with Gasteiger partial charge in [0, 0.05) is 22.0 Å². The van der Waals surface area contributed by atoms with Crippen molar-refractivity contribution in [2.75, 3.05) is 19.3 Å². The Kier molecular flexibility index (Phi) is 5.77. The summed E-state index contributed by atoms with van der Waals surface area (Å²) in [6.07, 6.45) is 1.07. The number of hydrogen-bond acceptors (Lipinski definition) is 3. The summed E-state index contributed by atoms with van der Waals surface area (Å²) in [5.41, 5.74) is 0.498. The van der Waals surface area contributed by atoms with Crippen LogP contribution in [0.1, 0.15) is 10.4 Å². The van der Waals surface area contributed by atoms with Crippen LogP contribution in [0.25, 0.3) is 0 Å². The molecule has 0 saturated carbocycles. The number of carbonyl (C=O) groups is 1. The van der Waals surface area contributed by atoms with Gasteiger partial charge in [-0.1, -0.05) is 15.9 Å². The fraction of sp³-hybridized carbons (Fsp3) is 0.300. The maximum Gasteiger partial charge on any atom is 0.252 e. The molecule has 1 aromatic carbocycles. The number of rotatable bonds is 5. The van der Waals surface area contributed by atoms with Crippen LogP contribution in [0.3, 0.4) is 0 Å². The van der Waals surface area contributed by atoms with Gasteiger partial charge in [-0.05, 0) is 34.1 Å². The van der Waals surface area contributed by atoms with Crippen molar-refractivity contribution in [3.05, 3.63) is 32.7 Å². The van der Waals surface area contributed by atoms with E-state index in [0.29, 0.717) is 10.0 Å². The number of halogens is 2. The Hall–Kier alpha value is -0.440. The van der Waals surface area contributed by atoms with Crippen molar-refractivity contribution in [3.8, 4) is 0 Å². The standard InChI is InChI=1S/C10H12Br2N2O3S/c1-18(16,17)14-5-4-13-10(15)8-3-2-7(11)6-9(8)12/h2-3,6,14H,4-5H2,1H3,(H,13,15). The summed E-state index contributed by atoms with van der Waals surface area (Å²) in [4.78, 5) is 11.8. The quantitative estimate of drug-likeness (QED) is 0.736. The summed E-state index contributed by atoms with van der Waals surface area (Å²) in [5.74, 6) is -0.260. The van der Waals surface area contributed by atoms with E-state index in [2.05, 4.69) is 41.9 Å². The van der Waals surface area contributed by atoms with Gasteiger partial charge in [-0.3, -0.25) is 4.79 Å². The number of nitrogens with one attached hydrogen (secondary N) is 2. The van der Waals surface area contributed by atoms with Crippen LogP contribution in [0.2, 0.25) is 0 Å². The van der Waals surface area contributed by atoms with Gasteiger partial charge in [-0.15, -0.1) is 0 Å². The molecule has 0 fully saturated rings. The molecule has 5 nitrogen and oxygen atoms in total. The Morgan fingerprint density at radius 2 is 1.94 bits per heavy atom. The minimum atomic E-state index is -3.22. The van der Waals surface area contributed by atoms with Crippen molar-refractivity contribution in [3.63, 3.8) is 0 Å². The van der Waals surface area contributed by atoms with E-state index in [4.69, 9.17) is 0 Å². The summed E-state index contributed by atoms with van der Waals surface area (Å²) >= 11 is 6.58. The first-order valence-corrected chi connectivity index (χ1v) is 8.45. The largest absolute Gasteiger partial charge is 0.351 e. The van der Waals surface area contributed by atoms with E-state index in [1.165, 1.54) is 0 Å². The van der Waals surface area contributed by atoms with Crippen LogP contribution < -0.4 is 10.0 Å². The third kappa shape index (κ3) is 5.47. The third-order valence-electron chi connectivity index (χ3n) is 1.95. The Morgan fingerprint density at radius 1 is 1.28 bits per heavy atom. The molecule has 0 bridgehead atoms. The van der Waals surface area contributed by atoms with Crippen molar-refractivity contribution in [2.45, 2.75) is 0 Å². The molecule has 2 N–H and O–H groups in total. The maximum absolute atomic E-state index is 11.8. The van der Waals surface area contributed by atoms with Gasteiger partial charge < -0.3 is 5.32 Å². The zero-order valence-corrected chi connectivity index (χ0v) is 13.5. The normalized spacial score (nSPS) is 11.3. The average Bonchev–Trinajstić information content (AvgIpc) is 2.22. The van der Waals surface area contributed by atoms with Crippen LogP contribution in [-0.2, 0) is 10.0 Å². The Labute approximate surface area is 123 Å². The second-order valence-corrected chi connectivity index (χ2v) is 7.15. The number of hydrogen-bond donors (Lipinski definition) is 2. The van der Waals surface area contributed by atoms with E-state index in [-0.39, 0.29) is 19.0 Å². The monoisotopic (exact) mass is 398 g/mol. The van der Waals surface area contributed by atoms with E-state index in [0.717, 1.165) is 10.7 Å². The molecule has 0 unspecified atom stereocenters. The van der Waals surface area contributed by atoms with Gasteiger partial charge in [-0.2, -0.15) is 0 Å². The lowest BCUT2D eigenvalue weighted by molar-refractivity contribution is 0.0953. The zero-order valence-electron chi connectivity index (χ0n) is 9.54. The van der Waals surface area contributed by atoms with Gasteiger partial charge in [0.15, 0.2) is 0 Å². The van der Waals surface area contributed by atoms with Crippen molar-refractivity contribution in [2.24, 2.45) is 0 Å². The molecule has 0 atom stereocenters. The summed E-state index contributed by atoms with van der Waals surface area (Å²) in [6.45, 7) is 0.396. The van der Waals surface area contributed by atoms with Crippen LogP contribution in [-0.4, -0.2) is 33.7 Å². The highest BCUT2D eigenvalue weighted by Crippen LogP contribution is 2.21. The summed E-state index contributed by atoms with van der Waals surface area (Å²) in [5, 5.41) is 2.62. The van der Waals surface area contributed by atoms with Gasteiger partial charge in [0.25, 0.3) is 5.91 Å². The fourth-order valence-corrected chi connectivity index (χ4v) is 2.88. The summed E-state index contributed by atoms with van der Waals surface area (Å²) in [6, 6.07) is 5.20. The van der Waals surface area contributed by atoms with Gasteiger partial charge in [0.05, 0.1) is 11.8 Å². The molecule has 0 aliphatic heterocycles. The minimum Gasteiger partial charge on any atom is -0.351 e. The lowest BCUT2D eigenvalue weighted by atomic mass is 10.2. The molecule has 0 aromatic heterocycles. The molecule has 0 spiro atoms. The van der Waals surface area contributed by atoms with Crippen molar-refractivity contribution < 1.29 is 13.2 Å². The summed E-state index contributed by atoms with van der Waals surface area (Å²) in [7, 11) is -3.22. The van der Waals surface area contributed by atoms with Gasteiger partial charge in [-0.25, -0.2) is 13.1 Å². The van der Waals surface area contributed by atoms with E-state index >= 15 is 0 Å². The fourth-order valence-electron chi connectivity index (χ4n) is 1.18. The first kappa shape index (κ1) is 15.6. The molecule has 0 radical (unpaired) electrons. The van der Waals surface area contributed by atoms with E-state index < -0.39 is 10.0 Å². The highest BCUT2D eigenvalue weighted by molar-refractivity contribution is 9.11. The predicted octanol–water partition coefficient (Wildman–Crippen LogP) is 1.49. The third-order valence-corrected chi connectivity index (χ3v) is 3.83. The second kappa shape index (κ2) is 6.65. The molecule has 0 heterocycles. The molecule has 1 aromatic rings. The van der Waals surface area contributed by atoms with Crippen LogP contribution in [0.5, 0.6) is 0 Å². The number of benzene rings is 1. The first-order valence-electron chi connectivity index (χ1n) is 4.97.